The van der Waals surface area contributed by atoms with E-state index >= 15 is 0 Å². The van der Waals surface area contributed by atoms with E-state index in [1.54, 1.807) is 29.9 Å². The van der Waals surface area contributed by atoms with Crippen LogP contribution < -0.4 is 15.4 Å². The average Bonchev–Trinajstić information content (AvgIpc) is 3.09. The Hall–Kier alpha value is -3.90. The molecule has 10 heteroatoms. The van der Waals surface area contributed by atoms with Crippen LogP contribution in [-0.4, -0.2) is 34.1 Å². The minimum absolute atomic E-state index is 0.249. The first-order valence-electron chi connectivity index (χ1n) is 9.79. The lowest BCUT2D eigenvalue weighted by molar-refractivity contribution is -0.134. The highest BCUT2D eigenvalue weighted by Gasteiger charge is 2.32. The van der Waals surface area contributed by atoms with Gasteiger partial charge in [0, 0.05) is 23.9 Å². The van der Waals surface area contributed by atoms with E-state index in [1.165, 1.54) is 12.1 Å². The van der Waals surface area contributed by atoms with Crippen molar-refractivity contribution in [2.75, 3.05) is 11.9 Å². The van der Waals surface area contributed by atoms with E-state index in [1.807, 2.05) is 12.1 Å². The number of benzene rings is 2. The first kappa shape index (κ1) is 21.3. The zero-order valence-corrected chi connectivity index (χ0v) is 17.8. The monoisotopic (exact) mass is 451 g/mol. The maximum atomic E-state index is 12.4. The van der Waals surface area contributed by atoms with Crippen LogP contribution in [0.1, 0.15) is 30.0 Å². The number of aromatic nitrogens is 2. The minimum Gasteiger partial charge on any atom is -0.481 e. The molecule has 3 amide bonds. The molecule has 4 rings (SSSR count). The van der Waals surface area contributed by atoms with Gasteiger partial charge in [-0.3, -0.25) is 24.4 Å². The Balaban J connectivity index is 1.54. The highest BCUT2D eigenvalue weighted by atomic mass is 35.5. The second kappa shape index (κ2) is 8.69. The lowest BCUT2D eigenvalue weighted by atomic mass is 9.93. The van der Waals surface area contributed by atoms with Crippen LogP contribution in [0, 0.1) is 11.3 Å². The van der Waals surface area contributed by atoms with Crippen molar-refractivity contribution in [3.05, 3.63) is 52.7 Å². The molecule has 0 bridgehead atoms. The van der Waals surface area contributed by atoms with Gasteiger partial charge in [0.1, 0.15) is 17.3 Å². The van der Waals surface area contributed by atoms with E-state index in [2.05, 4.69) is 15.7 Å². The van der Waals surface area contributed by atoms with Crippen LogP contribution in [0.15, 0.2) is 36.4 Å². The van der Waals surface area contributed by atoms with Crippen molar-refractivity contribution < 1.29 is 19.1 Å². The predicted octanol–water partition coefficient (Wildman–Crippen LogP) is 2.64. The SMILES string of the molecule is Cn1nc(C2CCC(=O)NC2=O)c2cccc(OCC(=O)Nc3cc(Cl)ccc3C#N)c21. The summed E-state index contributed by atoms with van der Waals surface area (Å²) in [7, 11) is 1.72. The van der Waals surface area contributed by atoms with Gasteiger partial charge >= 0.3 is 0 Å². The van der Waals surface area contributed by atoms with Gasteiger partial charge < -0.3 is 10.1 Å². The Morgan fingerprint density at radius 3 is 2.94 bits per heavy atom. The number of carbonyl (C=O) groups excluding carboxylic acids is 3. The van der Waals surface area contributed by atoms with Crippen LogP contribution in [0.5, 0.6) is 5.75 Å². The lowest BCUT2D eigenvalue weighted by Crippen LogP contribution is -2.39. The molecular weight excluding hydrogens is 434 g/mol. The molecule has 9 nitrogen and oxygen atoms in total. The van der Waals surface area contributed by atoms with Crippen molar-refractivity contribution in [1.29, 1.82) is 5.26 Å². The summed E-state index contributed by atoms with van der Waals surface area (Å²) in [5.74, 6) is -1.25. The summed E-state index contributed by atoms with van der Waals surface area (Å²) in [5.41, 5.74) is 1.76. The van der Waals surface area contributed by atoms with Crippen LogP contribution in [0.2, 0.25) is 5.02 Å². The number of amides is 3. The molecule has 1 aliphatic rings. The smallest absolute Gasteiger partial charge is 0.262 e. The molecule has 1 unspecified atom stereocenters. The maximum absolute atomic E-state index is 12.4. The largest absolute Gasteiger partial charge is 0.481 e. The molecular formula is C22H18ClN5O4. The number of imide groups is 1. The van der Waals surface area contributed by atoms with Gasteiger partial charge in [0.2, 0.25) is 11.8 Å². The van der Waals surface area contributed by atoms with Gasteiger partial charge in [-0.1, -0.05) is 23.7 Å². The number of hydrogen-bond donors (Lipinski definition) is 2. The fourth-order valence-electron chi connectivity index (χ4n) is 3.70. The topological polar surface area (TPSA) is 126 Å². The van der Waals surface area contributed by atoms with Crippen LogP contribution >= 0.6 is 11.6 Å². The third-order valence-electron chi connectivity index (χ3n) is 5.16. The number of para-hydroxylation sites is 1. The van der Waals surface area contributed by atoms with Crippen LogP contribution in [-0.2, 0) is 21.4 Å². The van der Waals surface area contributed by atoms with Gasteiger partial charge in [-0.15, -0.1) is 0 Å². The van der Waals surface area contributed by atoms with Crippen molar-refractivity contribution in [3.8, 4) is 11.8 Å². The number of nitrogens with zero attached hydrogens (tertiary/aromatic N) is 3. The van der Waals surface area contributed by atoms with Crippen LogP contribution in [0.25, 0.3) is 10.9 Å². The molecule has 0 saturated carbocycles. The number of piperidine rings is 1. The summed E-state index contributed by atoms with van der Waals surface area (Å²) >= 11 is 5.95. The predicted molar refractivity (Wildman–Crippen MR) is 116 cm³/mol. The summed E-state index contributed by atoms with van der Waals surface area (Å²) in [4.78, 5) is 36.2. The molecule has 0 radical (unpaired) electrons. The van der Waals surface area contributed by atoms with Crippen molar-refractivity contribution in [3.63, 3.8) is 0 Å². The van der Waals surface area contributed by atoms with Gasteiger partial charge in [0.25, 0.3) is 5.91 Å². The zero-order valence-electron chi connectivity index (χ0n) is 17.0. The normalized spacial score (nSPS) is 15.8. The number of aryl methyl sites for hydroxylation is 1. The Morgan fingerprint density at radius 2 is 2.19 bits per heavy atom. The Bertz CT molecular complexity index is 1290. The number of hydrogen-bond acceptors (Lipinski definition) is 6. The van der Waals surface area contributed by atoms with Crippen molar-refractivity contribution >= 4 is 45.9 Å². The molecule has 2 aromatic carbocycles. The van der Waals surface area contributed by atoms with Gasteiger partial charge in [-0.05, 0) is 30.7 Å². The van der Waals surface area contributed by atoms with Crippen molar-refractivity contribution in [2.24, 2.45) is 7.05 Å². The van der Waals surface area contributed by atoms with Crippen LogP contribution in [0.4, 0.5) is 5.69 Å². The number of anilines is 1. The fourth-order valence-corrected chi connectivity index (χ4v) is 3.88. The third kappa shape index (κ3) is 4.13. The second-order valence-electron chi connectivity index (χ2n) is 7.30. The first-order valence-corrected chi connectivity index (χ1v) is 10.2. The second-order valence-corrected chi connectivity index (χ2v) is 7.74. The Labute approximate surface area is 187 Å². The molecule has 3 aromatic rings. The molecule has 0 aliphatic carbocycles. The summed E-state index contributed by atoms with van der Waals surface area (Å²) in [6.07, 6.45) is 0.629. The van der Waals surface area contributed by atoms with E-state index in [4.69, 9.17) is 16.3 Å². The zero-order chi connectivity index (χ0) is 22.8. The summed E-state index contributed by atoms with van der Waals surface area (Å²) in [6.45, 7) is -0.310. The van der Waals surface area contributed by atoms with Gasteiger partial charge in [-0.25, -0.2) is 0 Å². The van der Waals surface area contributed by atoms with E-state index < -0.39 is 11.8 Å². The number of nitriles is 1. The molecule has 0 spiro atoms. The number of nitrogens with one attached hydrogen (secondary N) is 2. The van der Waals surface area contributed by atoms with E-state index in [0.717, 1.165) is 0 Å². The number of rotatable bonds is 5. The molecule has 2 heterocycles. The van der Waals surface area contributed by atoms with Crippen molar-refractivity contribution in [2.45, 2.75) is 18.8 Å². The fraction of sp³-hybridized carbons (Fsp3) is 0.227. The molecule has 162 valence electrons. The summed E-state index contributed by atoms with van der Waals surface area (Å²) in [5, 5.41) is 19.8. The highest BCUT2D eigenvalue weighted by Crippen LogP contribution is 2.34. The summed E-state index contributed by atoms with van der Waals surface area (Å²) in [6, 6.07) is 11.8. The molecule has 1 saturated heterocycles. The van der Waals surface area contributed by atoms with E-state index in [0.29, 0.717) is 39.5 Å². The Kier molecular flexibility index (Phi) is 5.79. The van der Waals surface area contributed by atoms with Crippen LogP contribution in [0.3, 0.4) is 0 Å². The number of ether oxygens (including phenoxy) is 1. The molecule has 1 atom stereocenters. The molecule has 1 aliphatic heterocycles. The Morgan fingerprint density at radius 1 is 1.38 bits per heavy atom. The highest BCUT2D eigenvalue weighted by molar-refractivity contribution is 6.31. The van der Waals surface area contributed by atoms with Gasteiger partial charge in [-0.2, -0.15) is 10.4 Å². The molecule has 1 aromatic heterocycles. The lowest BCUT2D eigenvalue weighted by Gasteiger charge is -2.19. The molecule has 32 heavy (non-hydrogen) atoms. The average molecular weight is 452 g/mol. The van der Waals surface area contributed by atoms with Gasteiger partial charge in [0.15, 0.2) is 6.61 Å². The number of fused-ring (bicyclic) bond motifs is 1. The molecule has 2 N–H and O–H groups in total. The number of carbonyl (C=O) groups is 3. The standard InChI is InChI=1S/C22H18ClN5O4/c1-28-21-14(20(27-28)15-7-8-18(29)26-22(15)31)3-2-4-17(21)32-11-19(30)25-16-9-13(23)6-5-12(16)10-24/h2-6,9,15H,7-8,11H2,1H3,(H,25,30)(H,26,29,31). The quantitative estimate of drug-likeness (QED) is 0.574. The minimum atomic E-state index is -0.540. The number of halogens is 1. The molecule has 1 fully saturated rings. The first-order chi connectivity index (χ1) is 15.4. The van der Waals surface area contributed by atoms with Gasteiger partial charge in [0.05, 0.1) is 22.9 Å². The van der Waals surface area contributed by atoms with Crippen molar-refractivity contribution in [1.82, 2.24) is 15.1 Å². The van der Waals surface area contributed by atoms with E-state index in [-0.39, 0.29) is 30.4 Å². The third-order valence-corrected chi connectivity index (χ3v) is 5.40. The summed E-state index contributed by atoms with van der Waals surface area (Å²) < 4.78 is 7.33. The maximum Gasteiger partial charge on any atom is 0.262 e. The van der Waals surface area contributed by atoms with E-state index in [9.17, 15) is 19.6 Å².